The van der Waals surface area contributed by atoms with Crippen LogP contribution in [-0.2, 0) is 14.3 Å². The van der Waals surface area contributed by atoms with Crippen LogP contribution in [0.3, 0.4) is 0 Å². The molecule has 4 nitrogen and oxygen atoms in total. The molecule has 0 radical (unpaired) electrons. The van der Waals surface area contributed by atoms with E-state index in [1.54, 1.807) is 19.1 Å². The molecule has 104 valence electrons. The largest absolute Gasteiger partial charge is 0.478 e. The lowest BCUT2D eigenvalue weighted by atomic mass is 9.80. The summed E-state index contributed by atoms with van der Waals surface area (Å²) in [6.07, 6.45) is 10.4. The molecule has 2 aliphatic carbocycles. The molecular formula is C15H20O4. The van der Waals surface area contributed by atoms with Crippen molar-refractivity contribution in [2.75, 3.05) is 0 Å². The lowest BCUT2D eigenvalue weighted by Gasteiger charge is -2.30. The minimum atomic E-state index is -0.971. The molecule has 0 heterocycles. The molecule has 0 aromatic heterocycles. The maximum atomic E-state index is 12.3. The SMILES string of the molecule is CC1(C(=O)OC2CCCCC2)C=CC=C(C(=O)O)C1. The first-order valence-corrected chi connectivity index (χ1v) is 6.84. The molecule has 19 heavy (non-hydrogen) atoms. The summed E-state index contributed by atoms with van der Waals surface area (Å²) in [6.45, 7) is 1.74. The monoisotopic (exact) mass is 264 g/mol. The third-order valence-electron chi connectivity index (χ3n) is 3.89. The van der Waals surface area contributed by atoms with Gasteiger partial charge in [0.15, 0.2) is 0 Å². The van der Waals surface area contributed by atoms with Crippen molar-refractivity contribution >= 4 is 11.9 Å². The molecule has 1 saturated carbocycles. The van der Waals surface area contributed by atoms with E-state index in [9.17, 15) is 9.59 Å². The second kappa shape index (κ2) is 5.59. The van der Waals surface area contributed by atoms with E-state index in [0.717, 1.165) is 25.7 Å². The minimum absolute atomic E-state index is 0.00524. The summed E-state index contributed by atoms with van der Waals surface area (Å²) in [5.41, 5.74) is -0.592. The minimum Gasteiger partial charge on any atom is -0.478 e. The number of rotatable bonds is 3. The number of aliphatic carboxylic acids is 1. The molecule has 0 aliphatic heterocycles. The standard InChI is InChI=1S/C15H20O4/c1-15(9-5-6-11(10-15)13(16)17)14(18)19-12-7-3-2-4-8-12/h5-6,9,12H,2-4,7-8,10H2,1H3,(H,16,17). The lowest BCUT2D eigenvalue weighted by molar-refractivity contribution is -0.159. The molecule has 0 aromatic rings. The Bertz CT molecular complexity index is 429. The van der Waals surface area contributed by atoms with Crippen LogP contribution in [-0.4, -0.2) is 23.1 Å². The first kappa shape index (κ1) is 13.8. The van der Waals surface area contributed by atoms with Gasteiger partial charge >= 0.3 is 11.9 Å². The fraction of sp³-hybridized carbons (Fsp3) is 0.600. The van der Waals surface area contributed by atoms with Gasteiger partial charge in [-0.1, -0.05) is 24.6 Å². The Kier molecular flexibility index (Phi) is 4.08. The van der Waals surface area contributed by atoms with Gasteiger partial charge in [0.2, 0.25) is 0 Å². The zero-order valence-electron chi connectivity index (χ0n) is 11.2. The molecule has 2 aliphatic rings. The van der Waals surface area contributed by atoms with Gasteiger partial charge in [-0.15, -0.1) is 0 Å². The number of carbonyl (C=O) groups excluding carboxylic acids is 1. The van der Waals surface area contributed by atoms with Crippen molar-refractivity contribution < 1.29 is 19.4 Å². The van der Waals surface area contributed by atoms with Gasteiger partial charge < -0.3 is 9.84 Å². The van der Waals surface area contributed by atoms with Gasteiger partial charge in [0.1, 0.15) is 6.10 Å². The fourth-order valence-electron chi connectivity index (χ4n) is 2.65. The predicted molar refractivity (Wildman–Crippen MR) is 70.5 cm³/mol. The zero-order chi connectivity index (χ0) is 13.9. The average molecular weight is 264 g/mol. The third kappa shape index (κ3) is 3.25. The van der Waals surface area contributed by atoms with Crippen molar-refractivity contribution in [1.29, 1.82) is 0 Å². The summed E-state index contributed by atoms with van der Waals surface area (Å²) >= 11 is 0. The molecule has 0 bridgehead atoms. The molecule has 1 fully saturated rings. The number of esters is 1. The Hall–Kier alpha value is -1.58. The van der Waals surface area contributed by atoms with E-state index in [1.165, 1.54) is 12.5 Å². The Morgan fingerprint density at radius 3 is 2.63 bits per heavy atom. The van der Waals surface area contributed by atoms with Gasteiger partial charge in [-0.2, -0.15) is 0 Å². The first-order chi connectivity index (χ1) is 9.01. The van der Waals surface area contributed by atoms with Crippen LogP contribution >= 0.6 is 0 Å². The van der Waals surface area contributed by atoms with Crippen LogP contribution in [0.5, 0.6) is 0 Å². The summed E-state index contributed by atoms with van der Waals surface area (Å²) in [4.78, 5) is 23.3. The molecular weight excluding hydrogens is 244 g/mol. The summed E-state index contributed by atoms with van der Waals surface area (Å²) < 4.78 is 5.55. The molecule has 1 N–H and O–H groups in total. The molecule has 0 spiro atoms. The van der Waals surface area contributed by atoms with Gasteiger partial charge in [-0.05, 0) is 39.0 Å². The van der Waals surface area contributed by atoms with Crippen LogP contribution in [0.1, 0.15) is 45.4 Å². The first-order valence-electron chi connectivity index (χ1n) is 6.84. The normalized spacial score (nSPS) is 27.7. The van der Waals surface area contributed by atoms with E-state index in [4.69, 9.17) is 9.84 Å². The fourth-order valence-corrected chi connectivity index (χ4v) is 2.65. The number of carboxylic acid groups (broad SMARTS) is 1. The van der Waals surface area contributed by atoms with Gasteiger partial charge in [0.05, 0.1) is 5.41 Å². The Morgan fingerprint density at radius 1 is 1.32 bits per heavy atom. The molecule has 4 heteroatoms. The number of carboxylic acids is 1. The highest BCUT2D eigenvalue weighted by Gasteiger charge is 2.37. The summed E-state index contributed by atoms with van der Waals surface area (Å²) in [5.74, 6) is -1.27. The van der Waals surface area contributed by atoms with Crippen LogP contribution in [0.25, 0.3) is 0 Å². The van der Waals surface area contributed by atoms with Crippen molar-refractivity contribution in [2.45, 2.75) is 51.6 Å². The zero-order valence-corrected chi connectivity index (χ0v) is 11.2. The second-order valence-corrected chi connectivity index (χ2v) is 5.62. The van der Waals surface area contributed by atoms with Gasteiger partial charge in [0, 0.05) is 5.57 Å². The van der Waals surface area contributed by atoms with E-state index >= 15 is 0 Å². The van der Waals surface area contributed by atoms with Crippen LogP contribution in [0.4, 0.5) is 0 Å². The van der Waals surface area contributed by atoms with Gasteiger partial charge in [-0.3, -0.25) is 4.79 Å². The highest BCUT2D eigenvalue weighted by Crippen LogP contribution is 2.34. The van der Waals surface area contributed by atoms with Crippen molar-refractivity contribution in [2.24, 2.45) is 5.41 Å². The number of allylic oxidation sites excluding steroid dienone is 2. The Balaban J connectivity index is 2.00. The number of hydrogen-bond donors (Lipinski definition) is 1. The number of carbonyl (C=O) groups is 2. The second-order valence-electron chi connectivity index (χ2n) is 5.62. The molecule has 1 unspecified atom stereocenters. The number of hydrogen-bond acceptors (Lipinski definition) is 3. The Labute approximate surface area is 113 Å². The molecule has 0 aromatic carbocycles. The average Bonchev–Trinajstić information content (AvgIpc) is 2.40. The van der Waals surface area contributed by atoms with E-state index in [-0.39, 0.29) is 24.1 Å². The predicted octanol–water partition coefficient (Wildman–Crippen LogP) is 2.84. The van der Waals surface area contributed by atoms with Crippen LogP contribution in [0.2, 0.25) is 0 Å². The topological polar surface area (TPSA) is 63.6 Å². The maximum absolute atomic E-state index is 12.3. The number of ether oxygens (including phenoxy) is 1. The highest BCUT2D eigenvalue weighted by atomic mass is 16.5. The van der Waals surface area contributed by atoms with E-state index in [2.05, 4.69) is 0 Å². The summed E-state index contributed by atoms with van der Waals surface area (Å²) in [7, 11) is 0. The van der Waals surface area contributed by atoms with Crippen molar-refractivity contribution in [3.8, 4) is 0 Å². The quantitative estimate of drug-likeness (QED) is 0.796. The lowest BCUT2D eigenvalue weighted by Crippen LogP contribution is -2.34. The summed E-state index contributed by atoms with van der Waals surface area (Å²) in [6, 6.07) is 0. The van der Waals surface area contributed by atoms with Gasteiger partial charge in [0.25, 0.3) is 0 Å². The van der Waals surface area contributed by atoms with Gasteiger partial charge in [-0.25, -0.2) is 4.79 Å². The smallest absolute Gasteiger partial charge is 0.331 e. The van der Waals surface area contributed by atoms with E-state index in [0.29, 0.717) is 0 Å². The molecule has 0 amide bonds. The molecule has 2 rings (SSSR count). The molecule has 1 atom stereocenters. The maximum Gasteiger partial charge on any atom is 0.331 e. The van der Waals surface area contributed by atoms with E-state index in [1.807, 2.05) is 0 Å². The van der Waals surface area contributed by atoms with Crippen molar-refractivity contribution in [3.05, 3.63) is 23.8 Å². The van der Waals surface area contributed by atoms with Crippen molar-refractivity contribution in [1.82, 2.24) is 0 Å². The molecule has 0 saturated heterocycles. The highest BCUT2D eigenvalue weighted by molar-refractivity contribution is 5.90. The van der Waals surface area contributed by atoms with Crippen LogP contribution < -0.4 is 0 Å². The Morgan fingerprint density at radius 2 is 2.00 bits per heavy atom. The van der Waals surface area contributed by atoms with Crippen molar-refractivity contribution in [3.63, 3.8) is 0 Å². The van der Waals surface area contributed by atoms with E-state index < -0.39 is 11.4 Å². The third-order valence-corrected chi connectivity index (χ3v) is 3.89. The summed E-state index contributed by atoms with van der Waals surface area (Å²) in [5, 5.41) is 9.02. The van der Waals surface area contributed by atoms with Crippen LogP contribution in [0, 0.1) is 5.41 Å². The van der Waals surface area contributed by atoms with Crippen LogP contribution in [0.15, 0.2) is 23.8 Å².